The van der Waals surface area contributed by atoms with Gasteiger partial charge in [-0.3, -0.25) is 9.78 Å². The second kappa shape index (κ2) is 8.95. The third-order valence-corrected chi connectivity index (χ3v) is 5.19. The number of aromatic nitrogens is 1. The molecule has 0 spiro atoms. The quantitative estimate of drug-likeness (QED) is 0.864. The Morgan fingerprint density at radius 3 is 2.69 bits per heavy atom. The molecule has 1 saturated heterocycles. The van der Waals surface area contributed by atoms with Crippen molar-refractivity contribution in [3.8, 4) is 0 Å². The molecule has 1 aromatic heterocycles. The molecule has 138 valence electrons. The van der Waals surface area contributed by atoms with Gasteiger partial charge in [0.15, 0.2) is 0 Å². The van der Waals surface area contributed by atoms with Gasteiger partial charge in [-0.25, -0.2) is 0 Å². The van der Waals surface area contributed by atoms with Crippen LogP contribution in [-0.4, -0.2) is 28.4 Å². The number of aryl methyl sites for hydroxylation is 1. The summed E-state index contributed by atoms with van der Waals surface area (Å²) >= 11 is 0. The maximum absolute atomic E-state index is 13.0. The van der Waals surface area contributed by atoms with Crippen molar-refractivity contribution in [3.05, 3.63) is 65.5 Å². The number of likely N-dealkylation sites (tertiary alicyclic amines) is 1. The molecule has 2 heterocycles. The highest BCUT2D eigenvalue weighted by atomic mass is 16.2. The molecule has 2 atom stereocenters. The minimum absolute atomic E-state index is 0.0520. The van der Waals surface area contributed by atoms with Gasteiger partial charge < -0.3 is 10.6 Å². The number of pyridine rings is 1. The summed E-state index contributed by atoms with van der Waals surface area (Å²) in [6.07, 6.45) is 9.62. The van der Waals surface area contributed by atoms with Crippen LogP contribution in [0.5, 0.6) is 0 Å². The highest BCUT2D eigenvalue weighted by molar-refractivity contribution is 5.82. The van der Waals surface area contributed by atoms with Crippen LogP contribution in [0.1, 0.15) is 55.3 Å². The Bertz CT molecular complexity index is 699. The molecule has 0 bridgehead atoms. The Hall–Kier alpha value is -2.20. The summed E-state index contributed by atoms with van der Waals surface area (Å²) in [5, 5.41) is 0. The fourth-order valence-electron chi connectivity index (χ4n) is 3.80. The number of hydrogen-bond donors (Lipinski definition) is 1. The number of benzene rings is 1. The Balaban J connectivity index is 1.68. The standard InChI is InChI=1S/C22H29N3O/c1-2-6-17-9-11-18(12-10-17)15-20(23)22(26)25-14-4-3-8-21(25)19-7-5-13-24-16-19/h5,7,9-13,16,20-21H,2-4,6,8,14-15,23H2,1H3. The monoisotopic (exact) mass is 351 g/mol. The van der Waals surface area contributed by atoms with Crippen molar-refractivity contribution in [3.63, 3.8) is 0 Å². The van der Waals surface area contributed by atoms with Gasteiger partial charge in [-0.1, -0.05) is 43.7 Å². The van der Waals surface area contributed by atoms with Gasteiger partial charge in [-0.15, -0.1) is 0 Å². The lowest BCUT2D eigenvalue weighted by Crippen LogP contribution is -2.48. The second-order valence-corrected chi connectivity index (χ2v) is 7.21. The molecular formula is C22H29N3O. The molecule has 26 heavy (non-hydrogen) atoms. The summed E-state index contributed by atoms with van der Waals surface area (Å²) in [5.74, 6) is 0.0520. The average Bonchev–Trinajstić information content (AvgIpc) is 2.70. The molecule has 0 saturated carbocycles. The van der Waals surface area contributed by atoms with E-state index in [0.717, 1.165) is 49.8 Å². The van der Waals surface area contributed by atoms with E-state index in [9.17, 15) is 4.79 Å². The van der Waals surface area contributed by atoms with Gasteiger partial charge in [0.2, 0.25) is 5.91 Å². The number of nitrogens with two attached hydrogens (primary N) is 1. The van der Waals surface area contributed by atoms with Crippen LogP contribution in [0.15, 0.2) is 48.8 Å². The van der Waals surface area contributed by atoms with Crippen molar-refractivity contribution in [2.75, 3.05) is 6.54 Å². The van der Waals surface area contributed by atoms with Gasteiger partial charge in [0.05, 0.1) is 12.1 Å². The third kappa shape index (κ3) is 4.50. The topological polar surface area (TPSA) is 59.2 Å². The van der Waals surface area contributed by atoms with Crippen LogP contribution in [0.25, 0.3) is 0 Å². The molecule has 2 unspecified atom stereocenters. The Kier molecular flexibility index (Phi) is 6.40. The van der Waals surface area contributed by atoms with Gasteiger partial charge in [0.25, 0.3) is 0 Å². The lowest BCUT2D eigenvalue weighted by molar-refractivity contribution is -0.136. The molecule has 1 amide bonds. The largest absolute Gasteiger partial charge is 0.334 e. The Labute approximate surface area is 156 Å². The lowest BCUT2D eigenvalue weighted by Gasteiger charge is -2.37. The zero-order valence-electron chi connectivity index (χ0n) is 15.6. The predicted molar refractivity (Wildman–Crippen MR) is 105 cm³/mol. The van der Waals surface area contributed by atoms with Crippen molar-refractivity contribution in [2.24, 2.45) is 5.73 Å². The maximum Gasteiger partial charge on any atom is 0.240 e. The molecule has 2 aromatic rings. The number of rotatable bonds is 6. The van der Waals surface area contributed by atoms with E-state index in [-0.39, 0.29) is 11.9 Å². The van der Waals surface area contributed by atoms with E-state index in [2.05, 4.69) is 42.2 Å². The molecule has 1 aliphatic rings. The first-order valence-electron chi connectivity index (χ1n) is 9.73. The Morgan fingerprint density at radius 2 is 2.00 bits per heavy atom. The van der Waals surface area contributed by atoms with Gasteiger partial charge in [0, 0.05) is 18.9 Å². The van der Waals surface area contributed by atoms with Crippen LogP contribution in [0.2, 0.25) is 0 Å². The minimum atomic E-state index is -0.496. The molecular weight excluding hydrogens is 322 g/mol. The number of carbonyl (C=O) groups excluding carboxylic acids is 1. The van der Waals surface area contributed by atoms with E-state index >= 15 is 0 Å². The summed E-state index contributed by atoms with van der Waals surface area (Å²) in [7, 11) is 0. The molecule has 1 fully saturated rings. The van der Waals surface area contributed by atoms with Crippen molar-refractivity contribution >= 4 is 5.91 Å². The van der Waals surface area contributed by atoms with Gasteiger partial charge in [-0.2, -0.15) is 0 Å². The van der Waals surface area contributed by atoms with Crippen LogP contribution in [0, 0.1) is 0 Å². The SMILES string of the molecule is CCCc1ccc(CC(N)C(=O)N2CCCCC2c2cccnc2)cc1. The zero-order chi connectivity index (χ0) is 18.4. The molecule has 1 aromatic carbocycles. The van der Waals surface area contributed by atoms with Crippen LogP contribution >= 0.6 is 0 Å². The summed E-state index contributed by atoms with van der Waals surface area (Å²) in [6, 6.07) is 12.1. The average molecular weight is 351 g/mol. The first-order chi connectivity index (χ1) is 12.7. The fraction of sp³-hybridized carbons (Fsp3) is 0.455. The van der Waals surface area contributed by atoms with Crippen molar-refractivity contribution < 1.29 is 4.79 Å². The summed E-state index contributed by atoms with van der Waals surface area (Å²) in [4.78, 5) is 19.2. The molecule has 0 radical (unpaired) electrons. The number of piperidine rings is 1. The van der Waals surface area contributed by atoms with Gasteiger partial charge >= 0.3 is 0 Å². The molecule has 3 rings (SSSR count). The van der Waals surface area contributed by atoms with Crippen LogP contribution < -0.4 is 5.73 Å². The summed E-state index contributed by atoms with van der Waals surface area (Å²) in [6.45, 7) is 2.96. The second-order valence-electron chi connectivity index (χ2n) is 7.21. The highest BCUT2D eigenvalue weighted by Gasteiger charge is 2.31. The van der Waals surface area contributed by atoms with Crippen molar-refractivity contribution in [1.82, 2.24) is 9.88 Å². The molecule has 4 heteroatoms. The summed E-state index contributed by atoms with van der Waals surface area (Å²) in [5.41, 5.74) is 9.88. The van der Waals surface area contributed by atoms with Gasteiger partial charge in [-0.05, 0) is 54.9 Å². The van der Waals surface area contributed by atoms with E-state index in [1.807, 2.05) is 17.2 Å². The fourth-order valence-corrected chi connectivity index (χ4v) is 3.80. The van der Waals surface area contributed by atoms with Crippen LogP contribution in [0.3, 0.4) is 0 Å². The predicted octanol–water partition coefficient (Wildman–Crippen LogP) is 3.66. The van der Waals surface area contributed by atoms with E-state index < -0.39 is 6.04 Å². The van der Waals surface area contributed by atoms with E-state index in [0.29, 0.717) is 6.42 Å². The van der Waals surface area contributed by atoms with Crippen molar-refractivity contribution in [1.29, 1.82) is 0 Å². The summed E-state index contributed by atoms with van der Waals surface area (Å²) < 4.78 is 0. The minimum Gasteiger partial charge on any atom is -0.334 e. The number of carbonyl (C=O) groups is 1. The number of amides is 1. The lowest BCUT2D eigenvalue weighted by atomic mass is 9.94. The van der Waals surface area contributed by atoms with Crippen molar-refractivity contribution in [2.45, 2.75) is 57.5 Å². The zero-order valence-corrected chi connectivity index (χ0v) is 15.6. The highest BCUT2D eigenvalue weighted by Crippen LogP contribution is 2.31. The molecule has 1 aliphatic heterocycles. The first kappa shape index (κ1) is 18.6. The first-order valence-corrected chi connectivity index (χ1v) is 9.73. The smallest absolute Gasteiger partial charge is 0.240 e. The molecule has 4 nitrogen and oxygen atoms in total. The number of hydrogen-bond acceptors (Lipinski definition) is 3. The van der Waals surface area contributed by atoms with Crippen LogP contribution in [-0.2, 0) is 17.6 Å². The number of nitrogens with zero attached hydrogens (tertiary/aromatic N) is 2. The third-order valence-electron chi connectivity index (χ3n) is 5.19. The molecule has 2 N–H and O–H groups in total. The maximum atomic E-state index is 13.0. The normalized spacial score (nSPS) is 18.5. The van der Waals surface area contributed by atoms with Crippen LogP contribution in [0.4, 0.5) is 0 Å². The Morgan fingerprint density at radius 1 is 1.23 bits per heavy atom. The van der Waals surface area contributed by atoms with E-state index in [1.54, 1.807) is 6.20 Å². The van der Waals surface area contributed by atoms with E-state index in [4.69, 9.17) is 5.73 Å². The van der Waals surface area contributed by atoms with Gasteiger partial charge in [0.1, 0.15) is 0 Å². The molecule has 0 aliphatic carbocycles. The van der Waals surface area contributed by atoms with E-state index in [1.165, 1.54) is 5.56 Å².